The van der Waals surface area contributed by atoms with Gasteiger partial charge in [-0.25, -0.2) is 0 Å². The van der Waals surface area contributed by atoms with Gasteiger partial charge in [-0.3, -0.25) is 0 Å². The fourth-order valence-corrected chi connectivity index (χ4v) is 1.48. The van der Waals surface area contributed by atoms with Crippen LogP contribution in [0.4, 0.5) is 0 Å². The van der Waals surface area contributed by atoms with Crippen LogP contribution in [0.15, 0.2) is 35.9 Å². The lowest BCUT2D eigenvalue weighted by Gasteiger charge is -2.07. The van der Waals surface area contributed by atoms with Gasteiger partial charge in [-0.1, -0.05) is 25.1 Å². The number of allylic oxidation sites excluding steroid dienone is 1. The minimum absolute atomic E-state index is 0.0659. The van der Waals surface area contributed by atoms with E-state index in [0.717, 1.165) is 23.3 Å². The van der Waals surface area contributed by atoms with Crippen LogP contribution in [0.3, 0.4) is 0 Å². The lowest BCUT2D eigenvalue weighted by molar-refractivity contribution is 0.133. The van der Waals surface area contributed by atoms with Crippen molar-refractivity contribution in [3.8, 4) is 5.75 Å². The van der Waals surface area contributed by atoms with Crippen molar-refractivity contribution in [1.82, 2.24) is 0 Å². The minimum Gasteiger partial charge on any atom is -0.497 e. The molecule has 3 nitrogen and oxygen atoms in total. The second-order valence-corrected chi connectivity index (χ2v) is 3.77. The number of ether oxygens (including phenoxy) is 2. The van der Waals surface area contributed by atoms with Crippen LogP contribution in [0, 0.1) is 0 Å². The van der Waals surface area contributed by atoms with Crippen molar-refractivity contribution in [2.24, 2.45) is 0 Å². The Morgan fingerprint density at radius 2 is 2.00 bits per heavy atom. The molecule has 1 aromatic carbocycles. The van der Waals surface area contributed by atoms with E-state index < -0.39 is 0 Å². The van der Waals surface area contributed by atoms with E-state index in [2.05, 4.69) is 0 Å². The van der Waals surface area contributed by atoms with Crippen molar-refractivity contribution >= 4 is 0 Å². The van der Waals surface area contributed by atoms with Crippen LogP contribution in [0.1, 0.15) is 18.9 Å². The normalized spacial score (nSPS) is 11.6. The molecular formula is C14H20O3. The summed E-state index contributed by atoms with van der Waals surface area (Å²) in [5.41, 5.74) is 2.03. The molecule has 17 heavy (non-hydrogen) atoms. The molecule has 0 fully saturated rings. The van der Waals surface area contributed by atoms with Gasteiger partial charge in [-0.15, -0.1) is 0 Å². The summed E-state index contributed by atoms with van der Waals surface area (Å²) in [5, 5.41) is 9.06. The van der Waals surface area contributed by atoms with Gasteiger partial charge in [0.25, 0.3) is 0 Å². The van der Waals surface area contributed by atoms with E-state index in [1.54, 1.807) is 7.11 Å². The first-order valence-electron chi connectivity index (χ1n) is 5.79. The number of rotatable bonds is 7. The van der Waals surface area contributed by atoms with E-state index in [1.165, 1.54) is 0 Å². The van der Waals surface area contributed by atoms with E-state index in [-0.39, 0.29) is 6.61 Å². The number of aliphatic hydroxyl groups excluding tert-OH is 1. The Balaban J connectivity index is 2.37. The molecule has 0 aliphatic heterocycles. The van der Waals surface area contributed by atoms with Crippen molar-refractivity contribution in [1.29, 1.82) is 0 Å². The van der Waals surface area contributed by atoms with Crippen molar-refractivity contribution in [3.63, 3.8) is 0 Å². The summed E-state index contributed by atoms with van der Waals surface area (Å²) in [7, 11) is 1.65. The van der Waals surface area contributed by atoms with Gasteiger partial charge in [0.05, 0.1) is 26.9 Å². The Kier molecular flexibility index (Phi) is 6.37. The molecule has 3 heteroatoms. The monoisotopic (exact) mass is 236 g/mol. The summed E-state index contributed by atoms with van der Waals surface area (Å²) in [6, 6.07) is 7.77. The Bertz CT molecular complexity index is 341. The molecule has 0 aliphatic rings. The highest BCUT2D eigenvalue weighted by Crippen LogP contribution is 2.12. The topological polar surface area (TPSA) is 38.7 Å². The van der Waals surface area contributed by atoms with E-state index in [9.17, 15) is 0 Å². The maximum atomic E-state index is 9.06. The summed E-state index contributed by atoms with van der Waals surface area (Å²) in [6.07, 6.45) is 2.91. The molecule has 0 spiro atoms. The quantitative estimate of drug-likeness (QED) is 0.739. The Hall–Kier alpha value is -1.32. The standard InChI is InChI=1S/C14H20O3/c1-3-4-13(9-15)11-17-10-12-5-7-14(16-2)8-6-12/h4-8,15H,3,9-11H2,1-2H3/b13-4-. The number of hydrogen-bond acceptors (Lipinski definition) is 3. The molecule has 1 N–H and O–H groups in total. The SMILES string of the molecule is CC/C=C(/CO)COCc1ccc(OC)cc1. The van der Waals surface area contributed by atoms with Gasteiger partial charge in [0, 0.05) is 0 Å². The number of methoxy groups -OCH3 is 1. The number of aliphatic hydroxyl groups is 1. The maximum Gasteiger partial charge on any atom is 0.118 e. The van der Waals surface area contributed by atoms with Crippen LogP contribution in [0.2, 0.25) is 0 Å². The number of hydrogen-bond donors (Lipinski definition) is 1. The first kappa shape index (κ1) is 13.7. The zero-order valence-corrected chi connectivity index (χ0v) is 10.5. The first-order chi connectivity index (χ1) is 8.30. The first-order valence-corrected chi connectivity index (χ1v) is 5.79. The molecule has 0 bridgehead atoms. The molecule has 1 rings (SSSR count). The third-order valence-corrected chi connectivity index (χ3v) is 2.41. The van der Waals surface area contributed by atoms with Crippen LogP contribution in [-0.4, -0.2) is 25.4 Å². The summed E-state index contributed by atoms with van der Waals surface area (Å²) in [5.74, 6) is 0.843. The molecule has 0 unspecified atom stereocenters. The Labute approximate surface area is 103 Å². The second-order valence-electron chi connectivity index (χ2n) is 3.77. The van der Waals surface area contributed by atoms with E-state index in [0.29, 0.717) is 13.2 Å². The van der Waals surface area contributed by atoms with Crippen LogP contribution in [0.25, 0.3) is 0 Å². The third kappa shape index (κ3) is 5.02. The fraction of sp³-hybridized carbons (Fsp3) is 0.429. The molecule has 0 saturated carbocycles. The predicted octanol–water partition coefficient (Wildman–Crippen LogP) is 2.54. The molecule has 0 amide bonds. The zero-order chi connectivity index (χ0) is 12.5. The molecule has 0 saturated heterocycles. The van der Waals surface area contributed by atoms with Gasteiger partial charge >= 0.3 is 0 Å². The lowest BCUT2D eigenvalue weighted by atomic mass is 10.2. The summed E-state index contributed by atoms with van der Waals surface area (Å²) < 4.78 is 10.6. The van der Waals surface area contributed by atoms with Crippen molar-refractivity contribution in [2.45, 2.75) is 20.0 Å². The summed E-state index contributed by atoms with van der Waals surface area (Å²) in [6.45, 7) is 3.14. The molecule has 1 aromatic rings. The second kappa shape index (κ2) is 7.87. The average molecular weight is 236 g/mol. The highest BCUT2D eigenvalue weighted by atomic mass is 16.5. The molecule has 0 atom stereocenters. The van der Waals surface area contributed by atoms with Gasteiger partial charge in [0.2, 0.25) is 0 Å². The van der Waals surface area contributed by atoms with Crippen molar-refractivity contribution < 1.29 is 14.6 Å². The van der Waals surface area contributed by atoms with Crippen LogP contribution in [-0.2, 0) is 11.3 Å². The zero-order valence-electron chi connectivity index (χ0n) is 10.5. The Morgan fingerprint density at radius 1 is 1.29 bits per heavy atom. The predicted molar refractivity (Wildman–Crippen MR) is 68.1 cm³/mol. The molecule has 94 valence electrons. The van der Waals surface area contributed by atoms with Gasteiger partial charge < -0.3 is 14.6 Å². The van der Waals surface area contributed by atoms with Gasteiger partial charge in [-0.2, -0.15) is 0 Å². The molecule has 0 aromatic heterocycles. The van der Waals surface area contributed by atoms with E-state index >= 15 is 0 Å². The highest BCUT2D eigenvalue weighted by molar-refractivity contribution is 5.26. The van der Waals surface area contributed by atoms with Gasteiger partial charge in [0.15, 0.2) is 0 Å². The molecule has 0 radical (unpaired) electrons. The summed E-state index contributed by atoms with van der Waals surface area (Å²) in [4.78, 5) is 0. The van der Waals surface area contributed by atoms with Crippen molar-refractivity contribution in [3.05, 3.63) is 41.5 Å². The number of benzene rings is 1. The third-order valence-electron chi connectivity index (χ3n) is 2.41. The van der Waals surface area contributed by atoms with E-state index in [4.69, 9.17) is 14.6 Å². The molecule has 0 aliphatic carbocycles. The van der Waals surface area contributed by atoms with Gasteiger partial charge in [-0.05, 0) is 29.7 Å². The Morgan fingerprint density at radius 3 is 2.53 bits per heavy atom. The summed E-state index contributed by atoms with van der Waals surface area (Å²) >= 11 is 0. The molecule has 0 heterocycles. The minimum atomic E-state index is 0.0659. The lowest BCUT2D eigenvalue weighted by Crippen LogP contribution is -2.02. The molecular weight excluding hydrogens is 216 g/mol. The average Bonchev–Trinajstić information content (AvgIpc) is 2.38. The highest BCUT2D eigenvalue weighted by Gasteiger charge is 1.97. The largest absolute Gasteiger partial charge is 0.497 e. The fourth-order valence-electron chi connectivity index (χ4n) is 1.48. The maximum absolute atomic E-state index is 9.06. The van der Waals surface area contributed by atoms with Gasteiger partial charge in [0.1, 0.15) is 5.75 Å². The van der Waals surface area contributed by atoms with Crippen LogP contribution >= 0.6 is 0 Å². The van der Waals surface area contributed by atoms with Crippen molar-refractivity contribution in [2.75, 3.05) is 20.3 Å². The van der Waals surface area contributed by atoms with Crippen LogP contribution < -0.4 is 4.74 Å². The smallest absolute Gasteiger partial charge is 0.118 e. The van der Waals surface area contributed by atoms with E-state index in [1.807, 2.05) is 37.3 Å². The van der Waals surface area contributed by atoms with Crippen LogP contribution in [0.5, 0.6) is 5.75 Å².